The predicted octanol–water partition coefficient (Wildman–Crippen LogP) is 3.93. The van der Waals surface area contributed by atoms with Gasteiger partial charge in [-0.25, -0.2) is 9.98 Å². The lowest BCUT2D eigenvalue weighted by atomic mass is 10.4. The van der Waals surface area contributed by atoms with Crippen molar-refractivity contribution in [3.63, 3.8) is 0 Å². The van der Waals surface area contributed by atoms with Crippen LogP contribution in [0.25, 0.3) is 0 Å². The number of aliphatic imine (C=N–C) groups is 1. The van der Waals surface area contributed by atoms with Crippen molar-refractivity contribution in [2.45, 2.75) is 9.79 Å². The van der Waals surface area contributed by atoms with Gasteiger partial charge in [0.1, 0.15) is 5.15 Å². The van der Waals surface area contributed by atoms with Crippen LogP contribution in [0.3, 0.4) is 0 Å². The maximum Gasteiger partial charge on any atom is 0.252 e. The molecule has 3 rings (SSSR count). The van der Waals surface area contributed by atoms with E-state index in [1.807, 2.05) is 24.3 Å². The second kappa shape index (κ2) is 7.97. The van der Waals surface area contributed by atoms with Gasteiger partial charge in [0.2, 0.25) is 0 Å². The summed E-state index contributed by atoms with van der Waals surface area (Å²) in [7, 11) is 0. The van der Waals surface area contributed by atoms with Crippen LogP contribution in [-0.4, -0.2) is 47.5 Å². The number of benzene rings is 1. The van der Waals surface area contributed by atoms with E-state index >= 15 is 0 Å². The molecule has 0 radical (unpaired) electrons. The largest absolute Gasteiger partial charge is 0.378 e. The molecule has 0 N–H and O–H groups in total. The minimum absolute atomic E-state index is 0.349. The Bertz CT molecular complexity index is 690. The molecule has 0 aliphatic carbocycles. The highest BCUT2D eigenvalue weighted by molar-refractivity contribution is 7.99. The fourth-order valence-electron chi connectivity index (χ4n) is 1.93. The zero-order valence-corrected chi connectivity index (χ0v) is 14.5. The van der Waals surface area contributed by atoms with Gasteiger partial charge >= 0.3 is 0 Å². The smallest absolute Gasteiger partial charge is 0.252 e. The Kier molecular flexibility index (Phi) is 5.72. The quantitative estimate of drug-likeness (QED) is 0.464. The van der Waals surface area contributed by atoms with E-state index in [1.165, 1.54) is 11.8 Å². The fraction of sp³-hybridized carbons (Fsp3) is 0.267. The van der Waals surface area contributed by atoms with Crippen LogP contribution in [0, 0.1) is 0 Å². The summed E-state index contributed by atoms with van der Waals surface area (Å²) in [5.41, 5.74) is 0. The van der Waals surface area contributed by atoms with Crippen LogP contribution in [0.1, 0.15) is 0 Å². The summed E-state index contributed by atoms with van der Waals surface area (Å²) in [5.74, 6) is 0.349. The second-order valence-corrected chi connectivity index (χ2v) is 6.68. The van der Waals surface area contributed by atoms with E-state index in [1.54, 1.807) is 12.5 Å². The molecule has 1 aromatic carbocycles. The van der Waals surface area contributed by atoms with Crippen molar-refractivity contribution in [3.05, 3.63) is 40.6 Å². The molecule has 0 bridgehead atoms. The number of halogens is 2. The van der Waals surface area contributed by atoms with E-state index in [-0.39, 0.29) is 0 Å². The van der Waals surface area contributed by atoms with Gasteiger partial charge < -0.3 is 9.64 Å². The van der Waals surface area contributed by atoms with Gasteiger partial charge in [-0.3, -0.25) is 0 Å². The van der Waals surface area contributed by atoms with Crippen molar-refractivity contribution in [3.8, 4) is 0 Å². The predicted molar refractivity (Wildman–Crippen MR) is 93.2 cm³/mol. The molecule has 2 aromatic rings. The molecule has 0 atom stereocenters. The normalized spacial score (nSPS) is 15.3. The molecule has 23 heavy (non-hydrogen) atoms. The molecule has 8 heteroatoms. The molecule has 1 aliphatic heterocycles. The van der Waals surface area contributed by atoms with Crippen LogP contribution in [0.4, 0.5) is 5.95 Å². The Morgan fingerprint density at radius 3 is 2.61 bits per heavy atom. The van der Waals surface area contributed by atoms with Crippen LogP contribution in [0.2, 0.25) is 10.2 Å². The lowest BCUT2D eigenvalue weighted by molar-refractivity contribution is 0.0701. The molecule has 120 valence electrons. The van der Waals surface area contributed by atoms with E-state index in [2.05, 4.69) is 19.9 Å². The van der Waals surface area contributed by atoms with Crippen LogP contribution in [-0.2, 0) is 4.74 Å². The van der Waals surface area contributed by atoms with Gasteiger partial charge in [0.05, 0.1) is 24.4 Å². The van der Waals surface area contributed by atoms with Crippen molar-refractivity contribution >= 4 is 47.3 Å². The first-order valence-electron chi connectivity index (χ1n) is 7.03. The lowest BCUT2D eigenvalue weighted by Gasteiger charge is -2.23. The molecular weight excluding hydrogens is 355 g/mol. The summed E-state index contributed by atoms with van der Waals surface area (Å²) in [4.78, 5) is 16.6. The van der Waals surface area contributed by atoms with Gasteiger partial charge in [-0.05, 0) is 24.3 Å². The summed E-state index contributed by atoms with van der Waals surface area (Å²) in [5, 5.41) is 1.08. The van der Waals surface area contributed by atoms with Crippen LogP contribution < -0.4 is 0 Å². The summed E-state index contributed by atoms with van der Waals surface area (Å²) in [6.45, 7) is 3.07. The highest BCUT2D eigenvalue weighted by atomic mass is 35.5. The number of morpholine rings is 1. The number of aromatic nitrogens is 2. The molecule has 0 unspecified atom stereocenters. The van der Waals surface area contributed by atoms with Gasteiger partial charge in [-0.2, -0.15) is 4.98 Å². The first-order valence-corrected chi connectivity index (χ1v) is 8.60. The van der Waals surface area contributed by atoms with Crippen molar-refractivity contribution in [2.75, 3.05) is 26.3 Å². The topological polar surface area (TPSA) is 50.6 Å². The third-order valence-corrected chi connectivity index (χ3v) is 4.80. The maximum absolute atomic E-state index is 6.23. The minimum Gasteiger partial charge on any atom is -0.378 e. The first kappa shape index (κ1) is 16.5. The molecular formula is C15H14Cl2N4OS. The Morgan fingerprint density at radius 1 is 1.17 bits per heavy atom. The third-order valence-electron chi connectivity index (χ3n) is 3.12. The van der Waals surface area contributed by atoms with Gasteiger partial charge in [0.15, 0.2) is 0 Å². The third kappa shape index (κ3) is 4.81. The average molecular weight is 369 g/mol. The molecule has 0 amide bonds. The summed E-state index contributed by atoms with van der Waals surface area (Å²) in [6, 6.07) is 7.51. The highest BCUT2D eigenvalue weighted by Crippen LogP contribution is 2.32. The molecule has 1 aromatic heterocycles. The molecule has 0 saturated carbocycles. The van der Waals surface area contributed by atoms with Crippen molar-refractivity contribution in [2.24, 2.45) is 4.99 Å². The average Bonchev–Trinajstić information content (AvgIpc) is 2.58. The molecule has 1 aliphatic rings. The van der Waals surface area contributed by atoms with Gasteiger partial charge in [-0.1, -0.05) is 35.0 Å². The maximum atomic E-state index is 6.23. The molecule has 0 spiro atoms. The van der Waals surface area contributed by atoms with Gasteiger partial charge in [-0.15, -0.1) is 0 Å². The zero-order chi connectivity index (χ0) is 16.1. The van der Waals surface area contributed by atoms with E-state index in [4.69, 9.17) is 27.9 Å². The Morgan fingerprint density at radius 2 is 1.91 bits per heavy atom. The van der Waals surface area contributed by atoms with Gasteiger partial charge in [0, 0.05) is 29.2 Å². The second-order valence-electron chi connectivity index (χ2n) is 4.77. The van der Waals surface area contributed by atoms with Crippen LogP contribution in [0.15, 0.2) is 45.2 Å². The summed E-state index contributed by atoms with van der Waals surface area (Å²) in [6.07, 6.45) is 3.42. The van der Waals surface area contributed by atoms with Crippen LogP contribution >= 0.6 is 35.0 Å². The van der Waals surface area contributed by atoms with Gasteiger partial charge in [0.25, 0.3) is 5.95 Å². The number of hydrogen-bond acceptors (Lipinski definition) is 5. The van der Waals surface area contributed by atoms with Crippen molar-refractivity contribution in [1.82, 2.24) is 14.9 Å². The number of ether oxygens (including phenoxy) is 1. The van der Waals surface area contributed by atoms with E-state index in [0.717, 1.165) is 22.9 Å². The van der Waals surface area contributed by atoms with E-state index < -0.39 is 0 Å². The minimum atomic E-state index is 0.349. The molecule has 2 heterocycles. The van der Waals surface area contributed by atoms with Crippen LogP contribution in [0.5, 0.6) is 0 Å². The van der Waals surface area contributed by atoms with Crippen molar-refractivity contribution in [1.29, 1.82) is 0 Å². The molecule has 1 fully saturated rings. The molecule has 1 saturated heterocycles. The number of nitrogens with zero attached hydrogens (tertiary/aromatic N) is 4. The lowest BCUT2D eigenvalue weighted by Crippen LogP contribution is -2.35. The standard InChI is InChI=1S/C15H14Cl2N4OS/c16-11-1-3-12(4-2-11)23-13-9-18-15(20-14(13)17)19-10-21-5-7-22-8-6-21/h1-4,9-10H,5-8H2/b19-10+. The molecule has 5 nitrogen and oxygen atoms in total. The Labute approximate surface area is 148 Å². The highest BCUT2D eigenvalue weighted by Gasteiger charge is 2.08. The zero-order valence-electron chi connectivity index (χ0n) is 12.2. The monoisotopic (exact) mass is 368 g/mol. The van der Waals surface area contributed by atoms with E-state index in [0.29, 0.717) is 29.3 Å². The van der Waals surface area contributed by atoms with E-state index in [9.17, 15) is 0 Å². The Balaban J connectivity index is 1.67. The fourth-order valence-corrected chi connectivity index (χ4v) is 3.06. The SMILES string of the molecule is Clc1ccc(Sc2cnc(/N=C/N3CCOCC3)nc2Cl)cc1. The number of rotatable bonds is 4. The summed E-state index contributed by atoms with van der Waals surface area (Å²) < 4.78 is 5.28. The number of hydrogen-bond donors (Lipinski definition) is 0. The Hall–Kier alpha value is -1.34. The van der Waals surface area contributed by atoms with Crippen molar-refractivity contribution < 1.29 is 4.74 Å². The summed E-state index contributed by atoms with van der Waals surface area (Å²) >= 11 is 13.6. The first-order chi connectivity index (χ1) is 11.2.